The number of hydrogen-bond donors (Lipinski definition) is 1. The van der Waals surface area contributed by atoms with E-state index in [0.29, 0.717) is 5.56 Å². The summed E-state index contributed by atoms with van der Waals surface area (Å²) in [6.07, 6.45) is 0. The van der Waals surface area contributed by atoms with Crippen molar-refractivity contribution in [3.05, 3.63) is 89.5 Å². The molecule has 3 aromatic carbocycles. The van der Waals surface area contributed by atoms with Crippen LogP contribution in [0.15, 0.2) is 72.8 Å². The lowest BCUT2D eigenvalue weighted by atomic mass is 10.0. The van der Waals surface area contributed by atoms with Crippen LogP contribution in [0.4, 0.5) is 5.69 Å². The molecule has 0 aliphatic rings. The molecule has 1 N–H and O–H groups in total. The van der Waals surface area contributed by atoms with Crippen LogP contribution in [-0.4, -0.2) is 31.1 Å². The van der Waals surface area contributed by atoms with E-state index in [-0.39, 0.29) is 35.9 Å². The Bertz CT molecular complexity index is 1090. The van der Waals surface area contributed by atoms with Gasteiger partial charge in [0.15, 0.2) is 0 Å². The zero-order valence-electron chi connectivity index (χ0n) is 17.4. The number of esters is 2. The molecule has 31 heavy (non-hydrogen) atoms. The average molecular weight is 417 g/mol. The summed E-state index contributed by atoms with van der Waals surface area (Å²) in [5.41, 5.74) is 2.86. The molecule has 0 saturated heterocycles. The minimum Gasteiger partial charge on any atom is -0.462 e. The number of hydrogen-bond acceptors (Lipinski definition) is 5. The van der Waals surface area contributed by atoms with E-state index in [1.165, 1.54) is 18.2 Å². The summed E-state index contributed by atoms with van der Waals surface area (Å²) in [6, 6.07) is 21.3. The van der Waals surface area contributed by atoms with Crippen LogP contribution >= 0.6 is 0 Å². The first kappa shape index (κ1) is 21.8. The van der Waals surface area contributed by atoms with Crippen LogP contribution in [0.1, 0.15) is 44.9 Å². The highest BCUT2D eigenvalue weighted by Crippen LogP contribution is 2.23. The van der Waals surface area contributed by atoms with Crippen molar-refractivity contribution in [3.8, 4) is 11.1 Å². The van der Waals surface area contributed by atoms with Gasteiger partial charge in [0.05, 0.1) is 30.0 Å². The predicted molar refractivity (Wildman–Crippen MR) is 118 cm³/mol. The number of benzene rings is 3. The second kappa shape index (κ2) is 10.2. The van der Waals surface area contributed by atoms with Gasteiger partial charge < -0.3 is 14.8 Å². The Morgan fingerprint density at radius 3 is 2.10 bits per heavy atom. The largest absolute Gasteiger partial charge is 0.462 e. The van der Waals surface area contributed by atoms with Gasteiger partial charge in [-0.25, -0.2) is 9.59 Å². The third kappa shape index (κ3) is 5.36. The molecule has 0 aliphatic carbocycles. The van der Waals surface area contributed by atoms with E-state index in [9.17, 15) is 14.4 Å². The van der Waals surface area contributed by atoms with Crippen LogP contribution in [0.5, 0.6) is 0 Å². The Kier molecular flexibility index (Phi) is 7.17. The smallest absolute Gasteiger partial charge is 0.340 e. The Hall–Kier alpha value is -3.93. The maximum atomic E-state index is 12.9. The number of anilines is 1. The Morgan fingerprint density at radius 1 is 0.710 bits per heavy atom. The standard InChI is InChI=1S/C25H23NO5/c1-3-30-24(28)20-13-14-22(21(16-20)25(29)31-4-2)26-23(27)19-12-8-11-18(15-19)17-9-6-5-7-10-17/h5-16H,3-4H2,1-2H3,(H,26,27). The van der Waals surface area contributed by atoms with Crippen molar-refractivity contribution in [3.63, 3.8) is 0 Å². The summed E-state index contributed by atoms with van der Waals surface area (Å²) in [7, 11) is 0. The molecule has 158 valence electrons. The van der Waals surface area contributed by atoms with Crippen molar-refractivity contribution in [1.82, 2.24) is 0 Å². The van der Waals surface area contributed by atoms with Crippen LogP contribution < -0.4 is 5.32 Å². The lowest BCUT2D eigenvalue weighted by molar-refractivity contribution is 0.0526. The lowest BCUT2D eigenvalue weighted by Crippen LogP contribution is -2.17. The van der Waals surface area contributed by atoms with Crippen molar-refractivity contribution < 1.29 is 23.9 Å². The Morgan fingerprint density at radius 2 is 1.39 bits per heavy atom. The molecule has 0 aromatic heterocycles. The molecule has 0 saturated carbocycles. The molecule has 0 spiro atoms. The van der Waals surface area contributed by atoms with Gasteiger partial charge in [0.1, 0.15) is 0 Å². The van der Waals surface area contributed by atoms with Gasteiger partial charge in [-0.1, -0.05) is 42.5 Å². The number of amides is 1. The summed E-state index contributed by atoms with van der Waals surface area (Å²) < 4.78 is 10.1. The van der Waals surface area contributed by atoms with Gasteiger partial charge in [-0.3, -0.25) is 4.79 Å². The van der Waals surface area contributed by atoms with Gasteiger partial charge in [0.2, 0.25) is 0 Å². The second-order valence-electron chi connectivity index (χ2n) is 6.60. The van der Waals surface area contributed by atoms with Crippen molar-refractivity contribution >= 4 is 23.5 Å². The highest BCUT2D eigenvalue weighted by Gasteiger charge is 2.19. The van der Waals surface area contributed by atoms with Crippen LogP contribution in [0.2, 0.25) is 0 Å². The van der Waals surface area contributed by atoms with Gasteiger partial charge in [-0.15, -0.1) is 0 Å². The van der Waals surface area contributed by atoms with E-state index in [2.05, 4.69) is 5.32 Å². The first-order chi connectivity index (χ1) is 15.0. The van der Waals surface area contributed by atoms with Crippen LogP contribution in [0, 0.1) is 0 Å². The Balaban J connectivity index is 1.90. The summed E-state index contributed by atoms with van der Waals surface area (Å²) in [5.74, 6) is -1.57. The maximum absolute atomic E-state index is 12.9. The number of carbonyl (C=O) groups is 3. The summed E-state index contributed by atoms with van der Waals surface area (Å²) in [4.78, 5) is 37.4. The SMILES string of the molecule is CCOC(=O)c1ccc(NC(=O)c2cccc(-c3ccccc3)c2)c(C(=O)OCC)c1. The van der Waals surface area contributed by atoms with E-state index in [4.69, 9.17) is 9.47 Å². The zero-order chi connectivity index (χ0) is 22.2. The van der Waals surface area contributed by atoms with E-state index in [1.54, 1.807) is 32.0 Å². The molecule has 3 rings (SSSR count). The molecule has 0 atom stereocenters. The van der Waals surface area contributed by atoms with Crippen molar-refractivity contribution in [1.29, 1.82) is 0 Å². The minimum atomic E-state index is -0.637. The van der Waals surface area contributed by atoms with Crippen LogP contribution in [0.25, 0.3) is 11.1 Å². The Labute approximate surface area is 180 Å². The molecular formula is C25H23NO5. The van der Waals surface area contributed by atoms with E-state index >= 15 is 0 Å². The maximum Gasteiger partial charge on any atom is 0.340 e. The average Bonchev–Trinajstić information content (AvgIpc) is 2.80. The molecule has 6 heteroatoms. The first-order valence-corrected chi connectivity index (χ1v) is 9.98. The second-order valence-corrected chi connectivity index (χ2v) is 6.60. The molecular weight excluding hydrogens is 394 g/mol. The fourth-order valence-electron chi connectivity index (χ4n) is 3.04. The topological polar surface area (TPSA) is 81.7 Å². The molecule has 6 nitrogen and oxygen atoms in total. The molecule has 0 aliphatic heterocycles. The fourth-order valence-corrected chi connectivity index (χ4v) is 3.04. The molecule has 0 radical (unpaired) electrons. The van der Waals surface area contributed by atoms with Crippen LogP contribution in [-0.2, 0) is 9.47 Å². The zero-order valence-corrected chi connectivity index (χ0v) is 17.4. The molecule has 1 amide bonds. The van der Waals surface area contributed by atoms with E-state index in [0.717, 1.165) is 11.1 Å². The first-order valence-electron chi connectivity index (χ1n) is 9.98. The molecule has 0 fully saturated rings. The lowest BCUT2D eigenvalue weighted by Gasteiger charge is -2.13. The summed E-state index contributed by atoms with van der Waals surface area (Å²) in [5, 5.41) is 2.75. The van der Waals surface area contributed by atoms with Crippen molar-refractivity contribution in [2.45, 2.75) is 13.8 Å². The monoisotopic (exact) mass is 417 g/mol. The van der Waals surface area contributed by atoms with Crippen molar-refractivity contribution in [2.75, 3.05) is 18.5 Å². The third-order valence-electron chi connectivity index (χ3n) is 4.51. The molecule has 0 heterocycles. The predicted octanol–water partition coefficient (Wildman–Crippen LogP) is 4.96. The number of ether oxygens (including phenoxy) is 2. The van der Waals surface area contributed by atoms with E-state index in [1.807, 2.05) is 36.4 Å². The molecule has 0 bridgehead atoms. The van der Waals surface area contributed by atoms with Crippen molar-refractivity contribution in [2.24, 2.45) is 0 Å². The third-order valence-corrected chi connectivity index (χ3v) is 4.51. The van der Waals surface area contributed by atoms with Gasteiger partial charge >= 0.3 is 11.9 Å². The quantitative estimate of drug-likeness (QED) is 0.550. The number of rotatable bonds is 7. The molecule has 0 unspecified atom stereocenters. The summed E-state index contributed by atoms with van der Waals surface area (Å²) >= 11 is 0. The van der Waals surface area contributed by atoms with Crippen LogP contribution in [0.3, 0.4) is 0 Å². The van der Waals surface area contributed by atoms with E-state index < -0.39 is 11.9 Å². The molecule has 3 aromatic rings. The highest BCUT2D eigenvalue weighted by molar-refractivity contribution is 6.09. The number of nitrogens with one attached hydrogen (secondary N) is 1. The summed E-state index contributed by atoms with van der Waals surface area (Å²) in [6.45, 7) is 3.75. The van der Waals surface area contributed by atoms with Gasteiger partial charge in [-0.05, 0) is 55.3 Å². The van der Waals surface area contributed by atoms with Gasteiger partial charge in [0, 0.05) is 5.56 Å². The number of carbonyl (C=O) groups excluding carboxylic acids is 3. The van der Waals surface area contributed by atoms with Gasteiger partial charge in [0.25, 0.3) is 5.91 Å². The highest BCUT2D eigenvalue weighted by atomic mass is 16.5. The minimum absolute atomic E-state index is 0.0833. The normalized spacial score (nSPS) is 10.3. The fraction of sp³-hybridized carbons (Fsp3) is 0.160. The van der Waals surface area contributed by atoms with Gasteiger partial charge in [-0.2, -0.15) is 0 Å².